The molecular formula is C17H17BrN4O. The standard InChI is InChI=1S/C17H17BrN4O/c1-11-10-12(18)6-7-13(11)20-16(23)8-9-19-17-21-14-4-2-3-5-15(14)22-17/h2-7,10H,8-9H2,1H3,(H,20,23)(H2,19,21,22). The van der Waals surface area contributed by atoms with Gasteiger partial charge in [-0.3, -0.25) is 4.79 Å². The van der Waals surface area contributed by atoms with E-state index >= 15 is 0 Å². The lowest BCUT2D eigenvalue weighted by molar-refractivity contribution is -0.115. The smallest absolute Gasteiger partial charge is 0.226 e. The van der Waals surface area contributed by atoms with Gasteiger partial charge in [0.15, 0.2) is 0 Å². The van der Waals surface area contributed by atoms with Crippen molar-refractivity contribution in [3.8, 4) is 0 Å². The second kappa shape index (κ2) is 6.83. The molecule has 0 atom stereocenters. The lowest BCUT2D eigenvalue weighted by Crippen LogP contribution is -2.17. The molecule has 23 heavy (non-hydrogen) atoms. The molecule has 0 fully saturated rings. The summed E-state index contributed by atoms with van der Waals surface area (Å²) in [6, 6.07) is 13.6. The molecule has 5 nitrogen and oxygen atoms in total. The minimum absolute atomic E-state index is 0.0287. The van der Waals surface area contributed by atoms with Crippen LogP contribution in [-0.2, 0) is 4.79 Å². The number of aromatic nitrogens is 2. The number of imidazole rings is 1. The minimum atomic E-state index is -0.0287. The number of anilines is 2. The second-order valence-electron chi connectivity index (χ2n) is 5.29. The molecule has 0 unspecified atom stereocenters. The number of aryl methyl sites for hydroxylation is 1. The van der Waals surface area contributed by atoms with E-state index in [2.05, 4.69) is 36.5 Å². The highest BCUT2D eigenvalue weighted by Gasteiger charge is 2.06. The zero-order chi connectivity index (χ0) is 16.2. The fourth-order valence-electron chi connectivity index (χ4n) is 2.31. The predicted octanol–water partition coefficient (Wildman–Crippen LogP) is 4.07. The Morgan fingerprint density at radius 3 is 2.87 bits per heavy atom. The van der Waals surface area contributed by atoms with Crippen molar-refractivity contribution in [1.29, 1.82) is 0 Å². The van der Waals surface area contributed by atoms with E-state index in [0.717, 1.165) is 26.8 Å². The normalized spacial score (nSPS) is 10.7. The van der Waals surface area contributed by atoms with Crippen molar-refractivity contribution >= 4 is 44.5 Å². The van der Waals surface area contributed by atoms with Crippen LogP contribution in [0.4, 0.5) is 11.6 Å². The van der Waals surface area contributed by atoms with Gasteiger partial charge < -0.3 is 15.6 Å². The van der Waals surface area contributed by atoms with Crippen molar-refractivity contribution in [3.05, 3.63) is 52.5 Å². The Balaban J connectivity index is 1.52. The molecule has 0 radical (unpaired) electrons. The number of benzene rings is 2. The number of rotatable bonds is 5. The van der Waals surface area contributed by atoms with E-state index in [4.69, 9.17) is 0 Å². The SMILES string of the molecule is Cc1cc(Br)ccc1NC(=O)CCNc1nc2ccccc2[nH]1. The first-order valence-corrected chi connectivity index (χ1v) is 8.16. The van der Waals surface area contributed by atoms with Crippen LogP contribution in [0.3, 0.4) is 0 Å². The molecule has 0 saturated carbocycles. The highest BCUT2D eigenvalue weighted by atomic mass is 79.9. The van der Waals surface area contributed by atoms with Crippen LogP contribution in [0.15, 0.2) is 46.9 Å². The molecule has 6 heteroatoms. The van der Waals surface area contributed by atoms with E-state index in [1.165, 1.54) is 0 Å². The number of aromatic amines is 1. The Bertz CT molecular complexity index is 810. The van der Waals surface area contributed by atoms with Crippen LogP contribution in [0.2, 0.25) is 0 Å². The first-order valence-electron chi connectivity index (χ1n) is 7.36. The van der Waals surface area contributed by atoms with Crippen molar-refractivity contribution in [3.63, 3.8) is 0 Å². The molecule has 118 valence electrons. The lowest BCUT2D eigenvalue weighted by atomic mass is 10.2. The van der Waals surface area contributed by atoms with Gasteiger partial charge in [0.2, 0.25) is 11.9 Å². The third-order valence-electron chi connectivity index (χ3n) is 3.50. The predicted molar refractivity (Wildman–Crippen MR) is 96.7 cm³/mol. The fourth-order valence-corrected chi connectivity index (χ4v) is 2.79. The molecule has 0 aliphatic rings. The average molecular weight is 373 g/mol. The molecular weight excluding hydrogens is 356 g/mol. The first-order chi connectivity index (χ1) is 11.1. The minimum Gasteiger partial charge on any atom is -0.355 e. The summed E-state index contributed by atoms with van der Waals surface area (Å²) in [4.78, 5) is 19.6. The van der Waals surface area contributed by atoms with Crippen LogP contribution in [0, 0.1) is 6.92 Å². The molecule has 0 aliphatic heterocycles. The van der Waals surface area contributed by atoms with Gasteiger partial charge in [0.25, 0.3) is 0 Å². The molecule has 3 N–H and O–H groups in total. The number of carbonyl (C=O) groups excluding carboxylic acids is 1. The van der Waals surface area contributed by atoms with Gasteiger partial charge in [-0.05, 0) is 42.8 Å². The van der Waals surface area contributed by atoms with Gasteiger partial charge in [0, 0.05) is 23.1 Å². The Morgan fingerprint density at radius 2 is 2.09 bits per heavy atom. The summed E-state index contributed by atoms with van der Waals surface area (Å²) in [5.41, 5.74) is 3.75. The number of para-hydroxylation sites is 2. The maximum atomic E-state index is 12.0. The third kappa shape index (κ3) is 3.90. The Kier molecular flexibility index (Phi) is 4.62. The van der Waals surface area contributed by atoms with Crippen molar-refractivity contribution in [2.45, 2.75) is 13.3 Å². The van der Waals surface area contributed by atoms with Crippen LogP contribution < -0.4 is 10.6 Å². The molecule has 0 aliphatic carbocycles. The van der Waals surface area contributed by atoms with Gasteiger partial charge in [0.1, 0.15) is 0 Å². The zero-order valence-corrected chi connectivity index (χ0v) is 14.3. The van der Waals surface area contributed by atoms with Gasteiger partial charge in [-0.25, -0.2) is 4.98 Å². The second-order valence-corrected chi connectivity index (χ2v) is 6.20. The monoisotopic (exact) mass is 372 g/mol. The maximum absolute atomic E-state index is 12.0. The van der Waals surface area contributed by atoms with E-state index in [0.29, 0.717) is 18.9 Å². The van der Waals surface area contributed by atoms with E-state index in [-0.39, 0.29) is 5.91 Å². The molecule has 2 aromatic carbocycles. The van der Waals surface area contributed by atoms with Gasteiger partial charge in [-0.1, -0.05) is 28.1 Å². The van der Waals surface area contributed by atoms with Gasteiger partial charge >= 0.3 is 0 Å². The van der Waals surface area contributed by atoms with Crippen molar-refractivity contribution < 1.29 is 4.79 Å². The molecule has 1 amide bonds. The summed E-state index contributed by atoms with van der Waals surface area (Å²) < 4.78 is 1.000. The number of nitrogens with one attached hydrogen (secondary N) is 3. The fraction of sp³-hybridized carbons (Fsp3) is 0.176. The van der Waals surface area contributed by atoms with Gasteiger partial charge in [0.05, 0.1) is 11.0 Å². The van der Waals surface area contributed by atoms with Crippen LogP contribution >= 0.6 is 15.9 Å². The topological polar surface area (TPSA) is 69.8 Å². The maximum Gasteiger partial charge on any atom is 0.226 e. The number of carbonyl (C=O) groups is 1. The van der Waals surface area contributed by atoms with Crippen LogP contribution in [0.1, 0.15) is 12.0 Å². The van der Waals surface area contributed by atoms with E-state index < -0.39 is 0 Å². The van der Waals surface area contributed by atoms with E-state index in [9.17, 15) is 4.79 Å². The molecule has 0 saturated heterocycles. The summed E-state index contributed by atoms with van der Waals surface area (Å²) in [6.07, 6.45) is 0.368. The third-order valence-corrected chi connectivity index (χ3v) is 3.99. The Labute approximate surface area is 142 Å². The van der Waals surface area contributed by atoms with Gasteiger partial charge in [-0.2, -0.15) is 0 Å². The quantitative estimate of drug-likeness (QED) is 0.631. The molecule has 0 spiro atoms. The van der Waals surface area contributed by atoms with Crippen molar-refractivity contribution in [2.75, 3.05) is 17.2 Å². The van der Waals surface area contributed by atoms with E-state index in [1.807, 2.05) is 49.4 Å². The Hall–Kier alpha value is -2.34. The summed E-state index contributed by atoms with van der Waals surface area (Å²) in [6.45, 7) is 2.48. The van der Waals surface area contributed by atoms with Crippen LogP contribution in [0.25, 0.3) is 11.0 Å². The summed E-state index contributed by atoms with van der Waals surface area (Å²) in [5.74, 6) is 0.651. The summed E-state index contributed by atoms with van der Waals surface area (Å²) >= 11 is 3.41. The molecule has 3 aromatic rings. The number of amides is 1. The van der Waals surface area contributed by atoms with E-state index in [1.54, 1.807) is 0 Å². The summed E-state index contributed by atoms with van der Waals surface area (Å²) in [7, 11) is 0. The lowest BCUT2D eigenvalue weighted by Gasteiger charge is -2.09. The molecule has 1 heterocycles. The average Bonchev–Trinajstić information content (AvgIpc) is 2.93. The van der Waals surface area contributed by atoms with Gasteiger partial charge in [-0.15, -0.1) is 0 Å². The first kappa shape index (κ1) is 15.6. The molecule has 1 aromatic heterocycles. The number of fused-ring (bicyclic) bond motifs is 1. The summed E-state index contributed by atoms with van der Waals surface area (Å²) in [5, 5.41) is 6.06. The van der Waals surface area contributed by atoms with Crippen LogP contribution in [0.5, 0.6) is 0 Å². The highest BCUT2D eigenvalue weighted by molar-refractivity contribution is 9.10. The van der Waals surface area contributed by atoms with Crippen molar-refractivity contribution in [2.24, 2.45) is 0 Å². The number of nitrogens with zero attached hydrogens (tertiary/aromatic N) is 1. The largest absolute Gasteiger partial charge is 0.355 e. The Morgan fingerprint density at radius 1 is 1.26 bits per heavy atom. The zero-order valence-electron chi connectivity index (χ0n) is 12.7. The molecule has 0 bridgehead atoms. The number of H-pyrrole nitrogens is 1. The number of hydrogen-bond acceptors (Lipinski definition) is 3. The molecule has 3 rings (SSSR count). The number of halogens is 1. The highest BCUT2D eigenvalue weighted by Crippen LogP contribution is 2.20. The van der Waals surface area contributed by atoms with Crippen molar-refractivity contribution in [1.82, 2.24) is 9.97 Å². The van der Waals surface area contributed by atoms with Crippen LogP contribution in [-0.4, -0.2) is 22.4 Å². The number of hydrogen-bond donors (Lipinski definition) is 3.